The monoisotopic (exact) mass is 567 g/mol. The summed E-state index contributed by atoms with van der Waals surface area (Å²) >= 11 is 6.03. The summed E-state index contributed by atoms with van der Waals surface area (Å²) in [5.41, 5.74) is 1.47. The zero-order valence-electron chi connectivity index (χ0n) is 22.8. The average molecular weight is 568 g/mol. The molecule has 8 heteroatoms. The number of nitrogens with zero attached hydrogens (tertiary/aromatic N) is 1. The van der Waals surface area contributed by atoms with E-state index in [4.69, 9.17) is 16.7 Å². The molecule has 0 saturated carbocycles. The number of aliphatic hydroxyl groups is 2. The number of halogens is 2. The Morgan fingerprint density at radius 1 is 0.925 bits per heavy atom. The van der Waals surface area contributed by atoms with E-state index in [0.717, 1.165) is 49.2 Å². The fraction of sp³-hybridized carbons (Fsp3) is 0.406. The van der Waals surface area contributed by atoms with E-state index in [1.54, 1.807) is 12.1 Å². The van der Waals surface area contributed by atoms with Crippen LogP contribution in [0.4, 0.5) is 9.18 Å². The number of nitrogens with one attached hydrogen (secondary N) is 2. The first-order chi connectivity index (χ1) is 19.3. The van der Waals surface area contributed by atoms with Crippen molar-refractivity contribution in [3.05, 3.63) is 106 Å². The number of aliphatic hydroxyl groups excluding tert-OH is 1. The number of carbonyl (C=O) groups is 1. The molecule has 0 spiro atoms. The number of urea groups is 1. The normalized spacial score (nSPS) is 16.7. The van der Waals surface area contributed by atoms with E-state index in [0.29, 0.717) is 37.4 Å². The average Bonchev–Trinajstić information content (AvgIpc) is 2.97. The molecule has 4 N–H and O–H groups in total. The number of piperidine rings is 1. The van der Waals surface area contributed by atoms with E-state index in [1.165, 1.54) is 12.1 Å². The first-order valence-corrected chi connectivity index (χ1v) is 14.4. The number of hydrogen-bond acceptors (Lipinski definition) is 4. The van der Waals surface area contributed by atoms with Gasteiger partial charge in [0.05, 0.1) is 5.60 Å². The van der Waals surface area contributed by atoms with E-state index in [9.17, 15) is 14.3 Å². The van der Waals surface area contributed by atoms with Crippen LogP contribution in [-0.4, -0.2) is 60.5 Å². The zero-order chi connectivity index (χ0) is 28.4. The second kappa shape index (κ2) is 14.1. The molecule has 2 amide bonds. The summed E-state index contributed by atoms with van der Waals surface area (Å²) in [5, 5.41) is 26.8. The van der Waals surface area contributed by atoms with Crippen LogP contribution in [-0.2, 0) is 11.0 Å². The first-order valence-electron chi connectivity index (χ1n) is 14.0. The Balaban J connectivity index is 1.47. The summed E-state index contributed by atoms with van der Waals surface area (Å²) in [5.74, 6) is -0.304. The van der Waals surface area contributed by atoms with Crippen molar-refractivity contribution in [1.29, 1.82) is 0 Å². The second-order valence-electron chi connectivity index (χ2n) is 10.6. The minimum Gasteiger partial charge on any atom is -0.396 e. The Morgan fingerprint density at radius 3 is 2.23 bits per heavy atom. The molecule has 1 saturated heterocycles. The Labute approximate surface area is 241 Å². The number of carbonyl (C=O) groups excluding carboxylic acids is 1. The molecular weight excluding hydrogens is 529 g/mol. The summed E-state index contributed by atoms with van der Waals surface area (Å²) in [7, 11) is 0. The predicted molar refractivity (Wildman–Crippen MR) is 157 cm³/mol. The van der Waals surface area contributed by atoms with Crippen molar-refractivity contribution in [1.82, 2.24) is 15.5 Å². The van der Waals surface area contributed by atoms with Crippen LogP contribution in [0.1, 0.15) is 48.8 Å². The largest absolute Gasteiger partial charge is 0.396 e. The minimum absolute atomic E-state index is 0.0113. The van der Waals surface area contributed by atoms with Gasteiger partial charge in [-0.1, -0.05) is 66.2 Å². The van der Waals surface area contributed by atoms with Gasteiger partial charge in [-0.05, 0) is 79.6 Å². The third-order valence-electron chi connectivity index (χ3n) is 8.04. The smallest absolute Gasteiger partial charge is 0.314 e. The maximum atomic E-state index is 13.9. The molecule has 3 aromatic carbocycles. The Hall–Kier alpha value is -2.97. The lowest BCUT2D eigenvalue weighted by atomic mass is 9.71. The standard InChI is InChI=1S/C32H39ClFN3O3/c33-28-12-8-27(9-13-28)32(40)17-21-37(22-18-32)20-4-16-31(25-6-2-1-3-7-25,26-10-14-29(34)15-11-26)24-36-30(39)35-19-5-23-38/h1-3,6-15,38,40H,4-5,16-24H2,(H2,35,36,39). The van der Waals surface area contributed by atoms with Crippen molar-refractivity contribution in [2.45, 2.75) is 43.1 Å². The van der Waals surface area contributed by atoms with Crippen molar-refractivity contribution in [2.75, 3.05) is 39.3 Å². The maximum Gasteiger partial charge on any atom is 0.314 e. The molecule has 1 atom stereocenters. The molecule has 40 heavy (non-hydrogen) atoms. The Kier molecular flexibility index (Phi) is 10.6. The molecule has 0 bridgehead atoms. The predicted octanol–water partition coefficient (Wildman–Crippen LogP) is 5.21. The Morgan fingerprint density at radius 2 is 1.57 bits per heavy atom. The van der Waals surface area contributed by atoms with Gasteiger partial charge in [0.15, 0.2) is 0 Å². The quantitative estimate of drug-likeness (QED) is 0.226. The van der Waals surface area contributed by atoms with Crippen LogP contribution in [0, 0.1) is 5.82 Å². The molecule has 214 valence electrons. The van der Waals surface area contributed by atoms with Crippen molar-refractivity contribution >= 4 is 17.6 Å². The van der Waals surface area contributed by atoms with Crippen molar-refractivity contribution in [3.63, 3.8) is 0 Å². The van der Waals surface area contributed by atoms with E-state index in [2.05, 4.69) is 27.7 Å². The van der Waals surface area contributed by atoms with E-state index >= 15 is 0 Å². The lowest BCUT2D eigenvalue weighted by molar-refractivity contribution is -0.0262. The van der Waals surface area contributed by atoms with Crippen molar-refractivity contribution < 1.29 is 19.4 Å². The fourth-order valence-electron chi connectivity index (χ4n) is 5.65. The number of hydrogen-bond donors (Lipinski definition) is 4. The molecule has 1 fully saturated rings. The molecule has 1 unspecified atom stereocenters. The zero-order valence-corrected chi connectivity index (χ0v) is 23.5. The summed E-state index contributed by atoms with van der Waals surface area (Å²) in [4.78, 5) is 15.0. The number of rotatable bonds is 12. The molecule has 1 aliphatic heterocycles. The molecule has 1 aliphatic rings. The van der Waals surface area contributed by atoms with Gasteiger partial charge in [0.2, 0.25) is 0 Å². The van der Waals surface area contributed by atoms with Gasteiger partial charge in [0, 0.05) is 43.2 Å². The highest BCUT2D eigenvalue weighted by Gasteiger charge is 2.36. The van der Waals surface area contributed by atoms with Gasteiger partial charge in [-0.25, -0.2) is 9.18 Å². The molecule has 0 radical (unpaired) electrons. The molecule has 0 aromatic heterocycles. The van der Waals surface area contributed by atoms with Crippen LogP contribution in [0.25, 0.3) is 0 Å². The summed E-state index contributed by atoms with van der Waals surface area (Å²) < 4.78 is 13.9. The third kappa shape index (κ3) is 7.61. The fourth-order valence-corrected chi connectivity index (χ4v) is 5.77. The van der Waals surface area contributed by atoms with Crippen molar-refractivity contribution in [2.24, 2.45) is 0 Å². The molecule has 3 aromatic rings. The van der Waals surface area contributed by atoms with Gasteiger partial charge in [-0.3, -0.25) is 0 Å². The number of benzene rings is 3. The van der Waals surface area contributed by atoms with Gasteiger partial charge in [0.25, 0.3) is 0 Å². The van der Waals surface area contributed by atoms with Gasteiger partial charge in [0.1, 0.15) is 5.82 Å². The molecular formula is C32H39ClFN3O3. The first kappa shape index (κ1) is 30.0. The second-order valence-corrected chi connectivity index (χ2v) is 11.1. The topological polar surface area (TPSA) is 84.8 Å². The van der Waals surface area contributed by atoms with Crippen LogP contribution in [0.3, 0.4) is 0 Å². The minimum atomic E-state index is -0.851. The highest BCUT2D eigenvalue weighted by Crippen LogP contribution is 2.38. The summed E-state index contributed by atoms with van der Waals surface area (Å²) in [6.07, 6.45) is 3.35. The highest BCUT2D eigenvalue weighted by atomic mass is 35.5. The van der Waals surface area contributed by atoms with Crippen molar-refractivity contribution in [3.8, 4) is 0 Å². The van der Waals surface area contributed by atoms with Gasteiger partial charge < -0.3 is 25.7 Å². The van der Waals surface area contributed by atoms with Gasteiger partial charge >= 0.3 is 6.03 Å². The van der Waals surface area contributed by atoms with E-state index in [1.807, 2.05) is 42.5 Å². The third-order valence-corrected chi connectivity index (χ3v) is 8.29. The van der Waals surface area contributed by atoms with Crippen LogP contribution in [0.15, 0.2) is 78.9 Å². The lowest BCUT2D eigenvalue weighted by Crippen LogP contribution is -2.46. The number of amides is 2. The SMILES string of the molecule is O=C(NCCCO)NCC(CCCN1CCC(O)(c2ccc(Cl)cc2)CC1)(c1ccccc1)c1ccc(F)cc1. The lowest BCUT2D eigenvalue weighted by Gasteiger charge is -2.40. The summed E-state index contributed by atoms with van der Waals surface area (Å²) in [6.45, 7) is 3.13. The molecule has 4 rings (SSSR count). The summed E-state index contributed by atoms with van der Waals surface area (Å²) in [6, 6.07) is 23.7. The maximum absolute atomic E-state index is 13.9. The van der Waals surface area contributed by atoms with Crippen LogP contribution in [0.2, 0.25) is 5.02 Å². The molecule has 6 nitrogen and oxygen atoms in total. The van der Waals surface area contributed by atoms with Crippen LogP contribution >= 0.6 is 11.6 Å². The number of likely N-dealkylation sites (tertiary alicyclic amines) is 1. The van der Waals surface area contributed by atoms with Crippen LogP contribution < -0.4 is 10.6 Å². The van der Waals surface area contributed by atoms with E-state index in [-0.39, 0.29) is 18.5 Å². The van der Waals surface area contributed by atoms with Gasteiger partial charge in [-0.2, -0.15) is 0 Å². The Bertz CT molecular complexity index is 1200. The molecule has 1 heterocycles. The van der Waals surface area contributed by atoms with Gasteiger partial charge in [-0.15, -0.1) is 0 Å². The molecule has 0 aliphatic carbocycles. The van der Waals surface area contributed by atoms with Crippen LogP contribution in [0.5, 0.6) is 0 Å². The highest BCUT2D eigenvalue weighted by molar-refractivity contribution is 6.30. The van der Waals surface area contributed by atoms with E-state index < -0.39 is 11.0 Å².